The van der Waals surface area contributed by atoms with Crippen LogP contribution in [0.2, 0.25) is 0 Å². The molecular formula is C20H25N3O2. The number of nitrogens with zero attached hydrogens (tertiary/aromatic N) is 1. The lowest BCUT2D eigenvalue weighted by atomic mass is 9.61. The standard InChI is InChI=1S/C20H25N3O2/c1-19(2)14-10-11(8-9-15(14)21-18(25)20(19,3)4)16-12-6-5-7-13(12)17(24)23-22-16/h8-10,12-13H,5-7H2,1-4H3,(H,21,25)(H,23,24). The van der Waals surface area contributed by atoms with Gasteiger partial charge in [0.05, 0.1) is 11.1 Å². The molecular weight excluding hydrogens is 314 g/mol. The predicted octanol–water partition coefficient (Wildman–Crippen LogP) is 3.19. The van der Waals surface area contributed by atoms with Crippen LogP contribution >= 0.6 is 0 Å². The van der Waals surface area contributed by atoms with Gasteiger partial charge >= 0.3 is 0 Å². The maximum Gasteiger partial charge on any atom is 0.243 e. The Morgan fingerprint density at radius 1 is 1.04 bits per heavy atom. The Labute approximate surface area is 148 Å². The fraction of sp³-hybridized carbons (Fsp3) is 0.550. The van der Waals surface area contributed by atoms with Crippen LogP contribution in [-0.2, 0) is 15.0 Å². The number of amides is 2. The highest BCUT2D eigenvalue weighted by Gasteiger charge is 2.49. The smallest absolute Gasteiger partial charge is 0.243 e. The largest absolute Gasteiger partial charge is 0.325 e. The van der Waals surface area contributed by atoms with Crippen LogP contribution in [0.3, 0.4) is 0 Å². The van der Waals surface area contributed by atoms with Gasteiger partial charge in [-0.05, 0) is 36.1 Å². The average molecular weight is 339 g/mol. The molecule has 1 aromatic rings. The topological polar surface area (TPSA) is 70.6 Å². The number of benzene rings is 1. The maximum absolute atomic E-state index is 12.5. The SMILES string of the molecule is CC1(C)C(=O)Nc2ccc(C3=NNC(=O)C4CCCC34)cc2C1(C)C. The van der Waals surface area contributed by atoms with Gasteiger partial charge < -0.3 is 5.32 Å². The van der Waals surface area contributed by atoms with E-state index in [0.29, 0.717) is 0 Å². The average Bonchev–Trinajstić information content (AvgIpc) is 3.05. The summed E-state index contributed by atoms with van der Waals surface area (Å²) < 4.78 is 0. The molecule has 0 saturated heterocycles. The molecule has 2 amide bonds. The van der Waals surface area contributed by atoms with Gasteiger partial charge in [-0.15, -0.1) is 0 Å². The summed E-state index contributed by atoms with van der Waals surface area (Å²) in [5.74, 6) is 0.364. The van der Waals surface area contributed by atoms with E-state index in [2.05, 4.69) is 35.8 Å². The van der Waals surface area contributed by atoms with E-state index < -0.39 is 5.41 Å². The first-order chi connectivity index (χ1) is 11.7. The van der Waals surface area contributed by atoms with Gasteiger partial charge in [0.2, 0.25) is 11.8 Å². The van der Waals surface area contributed by atoms with Crippen molar-refractivity contribution in [1.29, 1.82) is 0 Å². The number of carbonyl (C=O) groups is 2. The fourth-order valence-corrected chi connectivity index (χ4v) is 4.39. The van der Waals surface area contributed by atoms with E-state index >= 15 is 0 Å². The molecule has 2 unspecified atom stereocenters. The summed E-state index contributed by atoms with van der Waals surface area (Å²) in [6.07, 6.45) is 3.02. The van der Waals surface area contributed by atoms with Crippen LogP contribution in [0.1, 0.15) is 58.1 Å². The maximum atomic E-state index is 12.5. The second-order valence-corrected chi connectivity index (χ2v) is 8.58. The molecule has 25 heavy (non-hydrogen) atoms. The molecule has 5 nitrogen and oxygen atoms in total. The summed E-state index contributed by atoms with van der Waals surface area (Å²) >= 11 is 0. The summed E-state index contributed by atoms with van der Waals surface area (Å²) in [6, 6.07) is 6.14. The summed E-state index contributed by atoms with van der Waals surface area (Å²) in [5.41, 5.74) is 5.94. The van der Waals surface area contributed by atoms with E-state index in [9.17, 15) is 9.59 Å². The number of fused-ring (bicyclic) bond motifs is 2. The van der Waals surface area contributed by atoms with Gasteiger partial charge in [-0.2, -0.15) is 5.10 Å². The van der Waals surface area contributed by atoms with Crippen LogP contribution in [-0.4, -0.2) is 17.5 Å². The monoisotopic (exact) mass is 339 g/mol. The first kappa shape index (κ1) is 16.3. The molecule has 132 valence electrons. The zero-order valence-electron chi connectivity index (χ0n) is 15.3. The normalized spacial score (nSPS) is 29.2. The Kier molecular flexibility index (Phi) is 3.37. The first-order valence-corrected chi connectivity index (χ1v) is 9.07. The lowest BCUT2D eigenvalue weighted by Crippen LogP contribution is -2.50. The van der Waals surface area contributed by atoms with Crippen LogP contribution in [0.15, 0.2) is 23.3 Å². The Balaban J connectivity index is 1.80. The minimum atomic E-state index is -0.503. The van der Waals surface area contributed by atoms with Crippen molar-refractivity contribution in [3.8, 4) is 0 Å². The third-order valence-corrected chi connectivity index (χ3v) is 6.86. The van der Waals surface area contributed by atoms with Gasteiger partial charge in [0.15, 0.2) is 0 Å². The number of rotatable bonds is 1. The molecule has 0 spiro atoms. The molecule has 2 aliphatic heterocycles. The molecule has 2 atom stereocenters. The third-order valence-electron chi connectivity index (χ3n) is 6.86. The van der Waals surface area contributed by atoms with Crippen LogP contribution < -0.4 is 10.7 Å². The van der Waals surface area contributed by atoms with Crippen LogP contribution in [0.25, 0.3) is 0 Å². The molecule has 1 saturated carbocycles. The van der Waals surface area contributed by atoms with E-state index in [0.717, 1.165) is 41.8 Å². The van der Waals surface area contributed by atoms with Gasteiger partial charge in [-0.3, -0.25) is 9.59 Å². The van der Waals surface area contributed by atoms with Crippen molar-refractivity contribution in [2.75, 3.05) is 5.32 Å². The van der Waals surface area contributed by atoms with Crippen molar-refractivity contribution in [2.45, 2.75) is 52.4 Å². The highest BCUT2D eigenvalue weighted by atomic mass is 16.2. The Hall–Kier alpha value is -2.17. The van der Waals surface area contributed by atoms with Crippen molar-refractivity contribution in [1.82, 2.24) is 5.43 Å². The highest BCUT2D eigenvalue weighted by molar-refractivity contribution is 6.08. The number of hydrazone groups is 1. The zero-order valence-corrected chi connectivity index (χ0v) is 15.3. The Morgan fingerprint density at radius 2 is 1.76 bits per heavy atom. The van der Waals surface area contributed by atoms with Gasteiger partial charge in [0.25, 0.3) is 0 Å². The second-order valence-electron chi connectivity index (χ2n) is 8.58. The molecule has 3 aliphatic rings. The van der Waals surface area contributed by atoms with Gasteiger partial charge in [-0.1, -0.05) is 40.2 Å². The van der Waals surface area contributed by atoms with E-state index in [1.165, 1.54) is 0 Å². The van der Waals surface area contributed by atoms with E-state index in [-0.39, 0.29) is 29.1 Å². The quantitative estimate of drug-likeness (QED) is 0.825. The fourth-order valence-electron chi connectivity index (χ4n) is 4.39. The van der Waals surface area contributed by atoms with Crippen molar-refractivity contribution in [3.63, 3.8) is 0 Å². The molecule has 1 fully saturated rings. The Morgan fingerprint density at radius 3 is 2.52 bits per heavy atom. The van der Waals surface area contributed by atoms with Crippen LogP contribution in [0.4, 0.5) is 5.69 Å². The lowest BCUT2D eigenvalue weighted by Gasteiger charge is -2.45. The number of hydrogen-bond acceptors (Lipinski definition) is 3. The number of hydrogen-bond donors (Lipinski definition) is 2. The second kappa shape index (κ2) is 5.16. The summed E-state index contributed by atoms with van der Waals surface area (Å²) in [5, 5.41) is 7.44. The highest BCUT2D eigenvalue weighted by Crippen LogP contribution is 2.49. The van der Waals surface area contributed by atoms with Gasteiger partial charge in [0.1, 0.15) is 0 Å². The van der Waals surface area contributed by atoms with E-state index in [1.807, 2.05) is 26.0 Å². The van der Waals surface area contributed by atoms with Gasteiger partial charge in [-0.25, -0.2) is 5.43 Å². The minimum Gasteiger partial charge on any atom is -0.325 e. The summed E-state index contributed by atoms with van der Waals surface area (Å²) in [4.78, 5) is 24.5. The number of anilines is 1. The van der Waals surface area contributed by atoms with Gasteiger partial charge in [0, 0.05) is 22.9 Å². The predicted molar refractivity (Wildman–Crippen MR) is 97.4 cm³/mol. The molecule has 0 radical (unpaired) electrons. The molecule has 0 bridgehead atoms. The van der Waals surface area contributed by atoms with Crippen molar-refractivity contribution in [3.05, 3.63) is 29.3 Å². The van der Waals surface area contributed by atoms with Crippen LogP contribution in [0, 0.1) is 17.3 Å². The zero-order chi connectivity index (χ0) is 18.0. The number of carbonyl (C=O) groups excluding carboxylic acids is 2. The molecule has 2 heterocycles. The molecule has 5 heteroatoms. The van der Waals surface area contributed by atoms with Crippen LogP contribution in [0.5, 0.6) is 0 Å². The molecule has 1 aliphatic carbocycles. The molecule has 2 N–H and O–H groups in total. The Bertz CT molecular complexity index is 807. The molecule has 1 aromatic carbocycles. The summed E-state index contributed by atoms with van der Waals surface area (Å²) in [6.45, 7) is 8.22. The third kappa shape index (κ3) is 2.17. The van der Waals surface area contributed by atoms with E-state index in [1.54, 1.807) is 0 Å². The van der Waals surface area contributed by atoms with Crippen molar-refractivity contribution in [2.24, 2.45) is 22.4 Å². The lowest BCUT2D eigenvalue weighted by molar-refractivity contribution is -0.128. The molecule has 4 rings (SSSR count). The van der Waals surface area contributed by atoms with E-state index in [4.69, 9.17) is 0 Å². The molecule has 0 aromatic heterocycles. The van der Waals surface area contributed by atoms with Crippen molar-refractivity contribution >= 4 is 23.2 Å². The summed E-state index contributed by atoms with van der Waals surface area (Å²) in [7, 11) is 0. The first-order valence-electron chi connectivity index (χ1n) is 9.07. The number of nitrogens with one attached hydrogen (secondary N) is 2. The minimum absolute atomic E-state index is 0.0488. The van der Waals surface area contributed by atoms with Crippen molar-refractivity contribution < 1.29 is 9.59 Å².